The van der Waals surface area contributed by atoms with Crippen LogP contribution in [-0.4, -0.2) is 35.0 Å². The maximum absolute atomic E-state index is 14.5. The van der Waals surface area contributed by atoms with Crippen LogP contribution in [0.3, 0.4) is 0 Å². The molecule has 3 aromatic carbocycles. The fraction of sp³-hybridized carbons (Fsp3) is 0.192. The molecule has 0 saturated carbocycles. The number of fused-ring (bicyclic) bond motifs is 1. The lowest BCUT2D eigenvalue weighted by molar-refractivity contribution is -0.134. The molecular weight excluding hydrogens is 472 g/mol. The smallest absolute Gasteiger partial charge is 0.319 e. The molecule has 1 saturated heterocycles. The Morgan fingerprint density at radius 1 is 1.06 bits per heavy atom. The highest BCUT2D eigenvalue weighted by atomic mass is 32.2. The van der Waals surface area contributed by atoms with E-state index in [2.05, 4.69) is 5.32 Å². The molecule has 1 N–H and O–H groups in total. The molecular formula is C26H21F2N3O3S. The van der Waals surface area contributed by atoms with Gasteiger partial charge in [0.15, 0.2) is 0 Å². The summed E-state index contributed by atoms with van der Waals surface area (Å²) in [5.74, 6) is -2.26. The molecule has 6 nitrogen and oxygen atoms in total. The molecule has 0 unspecified atom stereocenters. The molecule has 2 heterocycles. The first-order chi connectivity index (χ1) is 16.8. The largest absolute Gasteiger partial charge is 0.325 e. The van der Waals surface area contributed by atoms with Crippen molar-refractivity contribution in [3.8, 4) is 0 Å². The molecule has 9 heteroatoms. The Hall–Kier alpha value is -3.72. The fourth-order valence-electron chi connectivity index (χ4n) is 4.53. The summed E-state index contributed by atoms with van der Waals surface area (Å²) >= 11 is 1.63. The predicted octanol–water partition coefficient (Wildman–Crippen LogP) is 4.61. The minimum Gasteiger partial charge on any atom is -0.319 e. The molecule has 2 atom stereocenters. The standard InChI is InChI=1S/C26H21F2N3O3S/c1-26(18-13-17(27)11-12-19(18)28)24(33)30(25(34)29-26)14-23(32)31-20-9-5-6-10-22(20)35-15-21(31)16-7-3-2-4-8-16/h2-13,21H,14-15H2,1H3,(H,29,34)/t21-,26+/m0/s1. The van der Waals surface area contributed by atoms with Gasteiger partial charge in [-0.2, -0.15) is 0 Å². The highest BCUT2D eigenvalue weighted by molar-refractivity contribution is 7.99. The Balaban J connectivity index is 1.47. The van der Waals surface area contributed by atoms with Gasteiger partial charge in [-0.1, -0.05) is 42.5 Å². The lowest BCUT2D eigenvalue weighted by Gasteiger charge is -2.37. The lowest BCUT2D eigenvalue weighted by Crippen LogP contribution is -2.47. The molecule has 0 spiro atoms. The highest BCUT2D eigenvalue weighted by Crippen LogP contribution is 2.43. The monoisotopic (exact) mass is 493 g/mol. The number of hydrogen-bond acceptors (Lipinski definition) is 4. The number of carbonyl (C=O) groups is 3. The van der Waals surface area contributed by atoms with Gasteiger partial charge in [-0.15, -0.1) is 11.8 Å². The summed E-state index contributed by atoms with van der Waals surface area (Å²) in [5.41, 5.74) is -0.522. The molecule has 4 amide bonds. The SMILES string of the molecule is C[C@]1(c2cc(F)ccc2F)NC(=O)N(CC(=O)N2c3ccccc3SC[C@H]2c2ccccc2)C1=O. The molecule has 2 aliphatic heterocycles. The maximum atomic E-state index is 14.5. The number of imide groups is 1. The summed E-state index contributed by atoms with van der Waals surface area (Å²) in [7, 11) is 0. The van der Waals surface area contributed by atoms with Crippen LogP contribution >= 0.6 is 11.8 Å². The summed E-state index contributed by atoms with van der Waals surface area (Å²) in [6.45, 7) is 0.759. The maximum Gasteiger partial charge on any atom is 0.325 e. The highest BCUT2D eigenvalue weighted by Gasteiger charge is 2.51. The van der Waals surface area contributed by atoms with E-state index in [0.717, 1.165) is 33.6 Å². The first kappa shape index (κ1) is 23.0. The Morgan fingerprint density at radius 3 is 2.54 bits per heavy atom. The van der Waals surface area contributed by atoms with Crippen molar-refractivity contribution in [2.24, 2.45) is 0 Å². The van der Waals surface area contributed by atoms with Gasteiger partial charge in [-0.25, -0.2) is 13.6 Å². The van der Waals surface area contributed by atoms with Crippen LogP contribution in [0, 0.1) is 11.6 Å². The molecule has 2 aliphatic rings. The second-order valence-electron chi connectivity index (χ2n) is 8.54. The van der Waals surface area contributed by atoms with Crippen LogP contribution in [0.2, 0.25) is 0 Å². The molecule has 0 bridgehead atoms. The second-order valence-corrected chi connectivity index (χ2v) is 9.60. The molecule has 5 rings (SSSR count). The summed E-state index contributed by atoms with van der Waals surface area (Å²) in [5, 5.41) is 2.44. The molecule has 35 heavy (non-hydrogen) atoms. The first-order valence-corrected chi connectivity index (χ1v) is 12.0. The molecule has 178 valence electrons. The van der Waals surface area contributed by atoms with Gasteiger partial charge in [0, 0.05) is 16.2 Å². The summed E-state index contributed by atoms with van der Waals surface area (Å²) in [4.78, 5) is 43.0. The number of amides is 4. The van der Waals surface area contributed by atoms with Crippen molar-refractivity contribution in [2.75, 3.05) is 17.2 Å². The summed E-state index contributed by atoms with van der Waals surface area (Å²) < 4.78 is 28.3. The van der Waals surface area contributed by atoms with Gasteiger partial charge in [0.25, 0.3) is 5.91 Å². The number of benzene rings is 3. The lowest BCUT2D eigenvalue weighted by atomic mass is 9.91. The zero-order valence-electron chi connectivity index (χ0n) is 18.7. The van der Waals surface area contributed by atoms with Crippen molar-refractivity contribution >= 4 is 35.3 Å². The van der Waals surface area contributed by atoms with Crippen LogP contribution in [0.5, 0.6) is 0 Å². The molecule has 1 fully saturated rings. The van der Waals surface area contributed by atoms with Crippen molar-refractivity contribution in [3.63, 3.8) is 0 Å². The topological polar surface area (TPSA) is 69.7 Å². The van der Waals surface area contributed by atoms with Crippen molar-refractivity contribution < 1.29 is 23.2 Å². The minimum absolute atomic E-state index is 0.298. The van der Waals surface area contributed by atoms with Gasteiger partial charge in [0.2, 0.25) is 5.91 Å². The van der Waals surface area contributed by atoms with Crippen LogP contribution < -0.4 is 10.2 Å². The third-order valence-corrected chi connectivity index (χ3v) is 7.46. The number of carbonyl (C=O) groups excluding carboxylic acids is 3. The number of thioether (sulfide) groups is 1. The fourth-order valence-corrected chi connectivity index (χ4v) is 5.70. The van der Waals surface area contributed by atoms with E-state index >= 15 is 0 Å². The van der Waals surface area contributed by atoms with Gasteiger partial charge in [0.05, 0.1) is 11.7 Å². The Morgan fingerprint density at radius 2 is 1.77 bits per heavy atom. The Bertz CT molecular complexity index is 1340. The number of para-hydroxylation sites is 1. The van der Waals surface area contributed by atoms with E-state index in [1.807, 2.05) is 54.6 Å². The third-order valence-electron chi connectivity index (χ3n) is 6.32. The number of anilines is 1. The zero-order valence-corrected chi connectivity index (χ0v) is 19.5. The molecule has 0 aromatic heterocycles. The average molecular weight is 494 g/mol. The van der Waals surface area contributed by atoms with E-state index in [0.29, 0.717) is 11.4 Å². The van der Waals surface area contributed by atoms with E-state index in [1.54, 1.807) is 16.7 Å². The normalized spacial score (nSPS) is 21.6. The van der Waals surface area contributed by atoms with Gasteiger partial charge < -0.3 is 10.2 Å². The third kappa shape index (κ3) is 3.95. The van der Waals surface area contributed by atoms with Crippen molar-refractivity contribution in [3.05, 3.63) is 95.6 Å². The predicted molar refractivity (Wildman–Crippen MR) is 128 cm³/mol. The number of rotatable bonds is 4. The van der Waals surface area contributed by atoms with Crippen LogP contribution in [-0.2, 0) is 15.1 Å². The van der Waals surface area contributed by atoms with Gasteiger partial charge >= 0.3 is 6.03 Å². The summed E-state index contributed by atoms with van der Waals surface area (Å²) in [6, 6.07) is 18.5. The first-order valence-electron chi connectivity index (χ1n) is 11.0. The Labute approximate surface area is 204 Å². The molecule has 0 radical (unpaired) electrons. The molecule has 3 aromatic rings. The van der Waals surface area contributed by atoms with Gasteiger partial charge in [-0.3, -0.25) is 14.5 Å². The quantitative estimate of drug-likeness (QED) is 0.539. The van der Waals surface area contributed by atoms with E-state index in [9.17, 15) is 23.2 Å². The van der Waals surface area contributed by atoms with E-state index in [-0.39, 0.29) is 11.6 Å². The van der Waals surface area contributed by atoms with E-state index in [1.165, 1.54) is 6.92 Å². The van der Waals surface area contributed by atoms with Crippen LogP contribution in [0.4, 0.5) is 19.3 Å². The number of urea groups is 1. The van der Waals surface area contributed by atoms with Crippen LogP contribution in [0.1, 0.15) is 24.1 Å². The van der Waals surface area contributed by atoms with E-state index < -0.39 is 41.6 Å². The zero-order chi connectivity index (χ0) is 24.7. The summed E-state index contributed by atoms with van der Waals surface area (Å²) in [6.07, 6.45) is 0. The number of nitrogens with zero attached hydrogens (tertiary/aromatic N) is 2. The van der Waals surface area contributed by atoms with Crippen molar-refractivity contribution in [1.82, 2.24) is 10.2 Å². The second kappa shape index (κ2) is 8.81. The minimum atomic E-state index is -1.84. The van der Waals surface area contributed by atoms with Gasteiger partial charge in [-0.05, 0) is 42.8 Å². The van der Waals surface area contributed by atoms with Crippen LogP contribution in [0.25, 0.3) is 0 Å². The van der Waals surface area contributed by atoms with Gasteiger partial charge in [0.1, 0.15) is 23.7 Å². The van der Waals surface area contributed by atoms with Crippen LogP contribution in [0.15, 0.2) is 77.7 Å². The van der Waals surface area contributed by atoms with Crippen molar-refractivity contribution in [1.29, 1.82) is 0 Å². The average Bonchev–Trinajstić information content (AvgIpc) is 3.08. The Kier molecular flexibility index (Phi) is 5.80. The number of halogens is 2. The number of nitrogens with one attached hydrogen (secondary N) is 1. The number of hydrogen-bond donors (Lipinski definition) is 1. The molecule has 0 aliphatic carbocycles. The van der Waals surface area contributed by atoms with Crippen molar-refractivity contribution in [2.45, 2.75) is 23.4 Å². The van der Waals surface area contributed by atoms with E-state index in [4.69, 9.17) is 0 Å².